The Kier molecular flexibility index (Phi) is 4.23. The lowest BCUT2D eigenvalue weighted by molar-refractivity contribution is 0.601. The first kappa shape index (κ1) is 17.9. The topological polar surface area (TPSA) is 90.2 Å². The molecule has 0 amide bonds. The molecule has 2 aromatic carbocycles. The summed E-state index contributed by atoms with van der Waals surface area (Å²) in [4.78, 5) is 24.3. The number of hydrogen-bond acceptors (Lipinski definition) is 4. The fraction of sp³-hybridized carbons (Fsp3) is 0.222. The third-order valence-corrected chi connectivity index (χ3v) is 5.81. The average Bonchev–Trinajstić information content (AvgIpc) is 2.61. The first-order chi connectivity index (χ1) is 12.1. The third kappa shape index (κ3) is 2.82. The summed E-state index contributed by atoms with van der Waals surface area (Å²) in [5.74, 6) is 0. The van der Waals surface area contributed by atoms with Gasteiger partial charge in [-0.25, -0.2) is 13.2 Å². The van der Waals surface area contributed by atoms with Gasteiger partial charge in [0.05, 0.1) is 21.5 Å². The van der Waals surface area contributed by atoms with Crippen LogP contribution in [0.2, 0.25) is 0 Å². The highest BCUT2D eigenvalue weighted by Crippen LogP contribution is 2.24. The first-order valence-corrected chi connectivity index (χ1v) is 9.40. The van der Waals surface area contributed by atoms with Crippen molar-refractivity contribution in [1.29, 1.82) is 0 Å². The molecule has 0 fully saturated rings. The van der Waals surface area contributed by atoms with E-state index in [1.807, 2.05) is 32.0 Å². The van der Waals surface area contributed by atoms with Crippen LogP contribution in [0.5, 0.6) is 0 Å². The van der Waals surface area contributed by atoms with Gasteiger partial charge in [0.1, 0.15) is 0 Å². The molecule has 1 heterocycles. The fourth-order valence-electron chi connectivity index (χ4n) is 2.91. The van der Waals surface area contributed by atoms with Crippen LogP contribution in [0.25, 0.3) is 10.9 Å². The minimum Gasteiger partial charge on any atom is -0.296 e. The van der Waals surface area contributed by atoms with Crippen LogP contribution in [-0.2, 0) is 24.1 Å². The molecule has 3 aromatic rings. The number of rotatable bonds is 3. The monoisotopic (exact) mass is 373 g/mol. The second-order valence-electron chi connectivity index (χ2n) is 6.26. The van der Waals surface area contributed by atoms with Gasteiger partial charge in [0.25, 0.3) is 15.6 Å². The standard InChI is InChI=1S/C18H19N3O4S/c1-11-6-5-7-12(2)16(11)19-26(24,25)13-8-9-15-14(10-13)17(22)21(4)18(23)20(15)3/h5-10,19H,1-4H3. The van der Waals surface area contributed by atoms with Crippen molar-refractivity contribution in [2.24, 2.45) is 14.1 Å². The van der Waals surface area contributed by atoms with Crippen molar-refractivity contribution in [2.45, 2.75) is 18.7 Å². The van der Waals surface area contributed by atoms with Crippen LogP contribution in [-0.4, -0.2) is 17.6 Å². The van der Waals surface area contributed by atoms with Gasteiger partial charge in [-0.05, 0) is 43.2 Å². The van der Waals surface area contributed by atoms with Crippen LogP contribution in [0.1, 0.15) is 11.1 Å². The Morgan fingerprint density at radius 2 is 1.54 bits per heavy atom. The Labute approximate surface area is 150 Å². The molecule has 1 N–H and O–H groups in total. The molecule has 0 unspecified atom stereocenters. The van der Waals surface area contributed by atoms with Crippen LogP contribution >= 0.6 is 0 Å². The molecule has 0 saturated carbocycles. The number of aryl methyl sites for hydroxylation is 3. The van der Waals surface area contributed by atoms with Gasteiger partial charge in [-0.2, -0.15) is 0 Å². The van der Waals surface area contributed by atoms with Gasteiger partial charge in [-0.1, -0.05) is 18.2 Å². The van der Waals surface area contributed by atoms with Crippen LogP contribution in [0.4, 0.5) is 5.69 Å². The number of nitrogens with one attached hydrogen (secondary N) is 1. The number of benzene rings is 2. The van der Waals surface area contributed by atoms with Gasteiger partial charge in [0.2, 0.25) is 0 Å². The van der Waals surface area contributed by atoms with Gasteiger partial charge in [-0.3, -0.25) is 18.7 Å². The lowest BCUT2D eigenvalue weighted by Gasteiger charge is -2.14. The molecule has 0 saturated heterocycles. The number of hydrogen-bond donors (Lipinski definition) is 1. The van der Waals surface area contributed by atoms with Crippen LogP contribution in [0, 0.1) is 13.8 Å². The van der Waals surface area contributed by atoms with Crippen molar-refractivity contribution >= 4 is 26.6 Å². The number of fused-ring (bicyclic) bond motifs is 1. The Hall–Kier alpha value is -2.87. The average molecular weight is 373 g/mol. The van der Waals surface area contributed by atoms with E-state index < -0.39 is 21.3 Å². The molecule has 0 bridgehead atoms. The number of aromatic nitrogens is 2. The first-order valence-electron chi connectivity index (χ1n) is 7.92. The molecule has 0 spiro atoms. The predicted molar refractivity (Wildman–Crippen MR) is 101 cm³/mol. The van der Waals surface area contributed by atoms with Crippen molar-refractivity contribution in [1.82, 2.24) is 9.13 Å². The molecule has 3 rings (SSSR count). The smallest absolute Gasteiger partial charge is 0.296 e. The molecule has 0 aliphatic carbocycles. The molecule has 136 valence electrons. The zero-order chi connectivity index (χ0) is 19.2. The number of para-hydroxylation sites is 1. The van der Waals surface area contributed by atoms with Gasteiger partial charge in [0.15, 0.2) is 0 Å². The zero-order valence-corrected chi connectivity index (χ0v) is 15.7. The SMILES string of the molecule is Cc1cccc(C)c1NS(=O)(=O)c1ccc2c(c1)c(=O)n(C)c(=O)n2C. The molecule has 0 aliphatic rings. The zero-order valence-electron chi connectivity index (χ0n) is 14.9. The second kappa shape index (κ2) is 6.14. The molecule has 0 radical (unpaired) electrons. The summed E-state index contributed by atoms with van der Waals surface area (Å²) in [6, 6.07) is 9.64. The van der Waals surface area contributed by atoms with E-state index in [1.54, 1.807) is 0 Å². The summed E-state index contributed by atoms with van der Waals surface area (Å²) in [6.07, 6.45) is 0. The summed E-state index contributed by atoms with van der Waals surface area (Å²) < 4.78 is 30.5. The van der Waals surface area contributed by atoms with E-state index in [-0.39, 0.29) is 10.3 Å². The molecule has 8 heteroatoms. The van der Waals surface area contributed by atoms with Gasteiger partial charge < -0.3 is 0 Å². The van der Waals surface area contributed by atoms with Gasteiger partial charge in [-0.15, -0.1) is 0 Å². The van der Waals surface area contributed by atoms with Crippen molar-refractivity contribution in [3.05, 3.63) is 68.4 Å². The van der Waals surface area contributed by atoms with Crippen molar-refractivity contribution < 1.29 is 8.42 Å². The minimum absolute atomic E-state index is 0.0385. The molecule has 26 heavy (non-hydrogen) atoms. The Balaban J connectivity index is 2.19. The largest absolute Gasteiger partial charge is 0.330 e. The lowest BCUT2D eigenvalue weighted by Crippen LogP contribution is -2.37. The van der Waals surface area contributed by atoms with Crippen molar-refractivity contribution in [3.63, 3.8) is 0 Å². The minimum atomic E-state index is -3.89. The maximum atomic E-state index is 12.8. The van der Waals surface area contributed by atoms with Gasteiger partial charge >= 0.3 is 5.69 Å². The summed E-state index contributed by atoms with van der Waals surface area (Å²) in [5.41, 5.74) is 1.49. The molecule has 7 nitrogen and oxygen atoms in total. The van der Waals surface area contributed by atoms with Gasteiger partial charge in [0, 0.05) is 14.1 Å². The molecule has 1 aromatic heterocycles. The van der Waals surface area contributed by atoms with E-state index in [0.717, 1.165) is 15.7 Å². The van der Waals surface area contributed by atoms with E-state index in [4.69, 9.17) is 0 Å². The highest BCUT2D eigenvalue weighted by molar-refractivity contribution is 7.92. The van der Waals surface area contributed by atoms with E-state index in [2.05, 4.69) is 4.72 Å². The maximum Gasteiger partial charge on any atom is 0.330 e. The second-order valence-corrected chi connectivity index (χ2v) is 7.94. The van der Waals surface area contributed by atoms with Crippen molar-refractivity contribution in [3.8, 4) is 0 Å². The van der Waals surface area contributed by atoms with Crippen LogP contribution < -0.4 is 16.0 Å². The predicted octanol–water partition coefficient (Wildman–Crippen LogP) is 1.65. The van der Waals surface area contributed by atoms with E-state index in [9.17, 15) is 18.0 Å². The third-order valence-electron chi connectivity index (χ3n) is 4.47. The normalized spacial score (nSPS) is 11.7. The highest BCUT2D eigenvalue weighted by Gasteiger charge is 2.19. The summed E-state index contributed by atoms with van der Waals surface area (Å²) in [6.45, 7) is 3.63. The van der Waals surface area contributed by atoms with E-state index >= 15 is 0 Å². The number of sulfonamides is 1. The Morgan fingerprint density at radius 3 is 2.15 bits per heavy atom. The molecular formula is C18H19N3O4S. The summed E-state index contributed by atoms with van der Waals surface area (Å²) >= 11 is 0. The number of anilines is 1. The van der Waals surface area contributed by atoms with Crippen molar-refractivity contribution in [2.75, 3.05) is 4.72 Å². The fourth-order valence-corrected chi connectivity index (χ4v) is 4.14. The van der Waals surface area contributed by atoms with Crippen LogP contribution in [0.3, 0.4) is 0 Å². The summed E-state index contributed by atoms with van der Waals surface area (Å²) in [7, 11) is -0.992. The molecule has 0 aliphatic heterocycles. The quantitative estimate of drug-likeness (QED) is 0.756. The number of nitrogens with zero attached hydrogens (tertiary/aromatic N) is 2. The van der Waals surface area contributed by atoms with E-state index in [0.29, 0.717) is 11.2 Å². The molecule has 0 atom stereocenters. The highest BCUT2D eigenvalue weighted by atomic mass is 32.2. The Morgan fingerprint density at radius 1 is 0.923 bits per heavy atom. The maximum absolute atomic E-state index is 12.8. The van der Waals surface area contributed by atoms with Crippen LogP contribution in [0.15, 0.2) is 50.9 Å². The molecular weight excluding hydrogens is 354 g/mol. The lowest BCUT2D eigenvalue weighted by atomic mass is 10.1. The Bertz CT molecular complexity index is 1230. The summed E-state index contributed by atoms with van der Waals surface area (Å²) in [5, 5.41) is 0.166. The van der Waals surface area contributed by atoms with E-state index in [1.165, 1.54) is 36.9 Å².